The number of Topliss-reactive ketones (excluding diaryl/α,β-unsaturated/α-hetero) is 1. The second-order valence-corrected chi connectivity index (χ2v) is 10.3. The first-order chi connectivity index (χ1) is 13.4. The van der Waals surface area contributed by atoms with Crippen LogP contribution >= 0.6 is 0 Å². The lowest BCUT2D eigenvalue weighted by Crippen LogP contribution is -2.57. The van der Waals surface area contributed by atoms with E-state index >= 15 is 0 Å². The third-order valence-electron chi connectivity index (χ3n) is 9.06. The molecule has 0 spiro atoms. The highest BCUT2D eigenvalue weighted by Crippen LogP contribution is 2.65. The van der Waals surface area contributed by atoms with Gasteiger partial charge in [0.05, 0.1) is 25.9 Å². The zero-order valence-corrected chi connectivity index (χ0v) is 17.7. The maximum Gasteiger partial charge on any atom is 0.139 e. The highest BCUT2D eigenvalue weighted by molar-refractivity contribution is 5.87. The van der Waals surface area contributed by atoms with Gasteiger partial charge in [0.2, 0.25) is 0 Å². The highest BCUT2D eigenvalue weighted by Gasteiger charge is 2.61. The zero-order valence-electron chi connectivity index (χ0n) is 17.7. The fourth-order valence-corrected chi connectivity index (χ4v) is 7.47. The molecule has 3 N–H and O–H groups in total. The average molecular weight is 391 g/mol. The molecule has 4 fully saturated rings. The number of rotatable bonds is 5. The van der Waals surface area contributed by atoms with E-state index in [-0.39, 0.29) is 16.9 Å². The van der Waals surface area contributed by atoms with Crippen molar-refractivity contribution in [2.75, 3.05) is 26.3 Å². The van der Waals surface area contributed by atoms with Crippen molar-refractivity contribution in [1.82, 2.24) is 0 Å². The number of aliphatic hydroxyl groups excluding tert-OH is 1. The Morgan fingerprint density at radius 1 is 1.14 bits per heavy atom. The Bertz CT molecular complexity index is 635. The number of aliphatic hydroxyl groups is 1. The number of ketones is 1. The molecular formula is C23H38N2O3. The van der Waals surface area contributed by atoms with Gasteiger partial charge < -0.3 is 15.6 Å². The van der Waals surface area contributed by atoms with Crippen LogP contribution in [0.15, 0.2) is 4.99 Å². The first kappa shape index (κ1) is 20.5. The van der Waals surface area contributed by atoms with Gasteiger partial charge in [-0.2, -0.15) is 0 Å². The number of aliphatic imine (C=N–C) groups is 1. The van der Waals surface area contributed by atoms with Crippen LogP contribution in [0.4, 0.5) is 0 Å². The van der Waals surface area contributed by atoms with Crippen LogP contribution in [0.5, 0.6) is 0 Å². The SMILES string of the molecule is C[C@]12CCC3C(C[C@@H](O)[C@H]4C/C(=N/CCOCCN)CC[C@]34C)C1CCC2=O. The molecule has 28 heavy (non-hydrogen) atoms. The molecule has 5 nitrogen and oxygen atoms in total. The molecule has 0 saturated heterocycles. The lowest BCUT2D eigenvalue weighted by atomic mass is 9.44. The standard InChI is InChI=1S/C23H38N2O3/c1-22-7-5-15(25-10-12-28-11-9-24)13-19(22)20(26)14-16-17-3-4-21(27)23(17,2)8-6-18(16)22/h16-20,26H,3-14,24H2,1-2H3/b25-15+/t16?,17?,18?,19-,20-,22-,23+/m1/s1. The number of ether oxygens (including phenoxy) is 1. The molecule has 7 atom stereocenters. The first-order valence-electron chi connectivity index (χ1n) is 11.4. The quantitative estimate of drug-likeness (QED) is 0.707. The van der Waals surface area contributed by atoms with Gasteiger partial charge in [0.1, 0.15) is 5.78 Å². The molecule has 4 aliphatic rings. The van der Waals surface area contributed by atoms with E-state index in [1.54, 1.807) is 0 Å². The molecule has 0 amide bonds. The Hall–Kier alpha value is -0.780. The van der Waals surface area contributed by atoms with Crippen molar-refractivity contribution >= 4 is 11.5 Å². The third-order valence-corrected chi connectivity index (χ3v) is 9.06. The minimum atomic E-state index is -0.261. The molecule has 0 aromatic carbocycles. The fraction of sp³-hybridized carbons (Fsp3) is 0.913. The number of nitrogens with zero attached hydrogens (tertiary/aromatic N) is 1. The van der Waals surface area contributed by atoms with Gasteiger partial charge in [0, 0.05) is 24.1 Å². The molecule has 0 radical (unpaired) electrons. The summed E-state index contributed by atoms with van der Waals surface area (Å²) in [6.45, 7) is 7.11. The van der Waals surface area contributed by atoms with Crippen LogP contribution < -0.4 is 5.73 Å². The molecule has 4 rings (SSSR count). The maximum absolute atomic E-state index is 12.6. The van der Waals surface area contributed by atoms with Crippen molar-refractivity contribution in [2.45, 2.75) is 71.3 Å². The Morgan fingerprint density at radius 3 is 2.75 bits per heavy atom. The minimum Gasteiger partial charge on any atom is -0.393 e. The van der Waals surface area contributed by atoms with E-state index in [0.29, 0.717) is 55.8 Å². The molecule has 5 heteroatoms. The van der Waals surface area contributed by atoms with Crippen LogP contribution in [0.25, 0.3) is 0 Å². The van der Waals surface area contributed by atoms with Crippen molar-refractivity contribution in [1.29, 1.82) is 0 Å². The topological polar surface area (TPSA) is 84.9 Å². The number of carbonyl (C=O) groups is 1. The fourth-order valence-electron chi connectivity index (χ4n) is 7.47. The second kappa shape index (κ2) is 7.81. The van der Waals surface area contributed by atoms with Gasteiger partial charge in [-0.25, -0.2) is 0 Å². The largest absolute Gasteiger partial charge is 0.393 e. The van der Waals surface area contributed by atoms with Crippen LogP contribution in [0.1, 0.15) is 65.2 Å². The molecule has 0 aliphatic heterocycles. The van der Waals surface area contributed by atoms with Crippen LogP contribution in [-0.4, -0.2) is 49.0 Å². The smallest absolute Gasteiger partial charge is 0.139 e. The van der Waals surface area contributed by atoms with E-state index in [1.807, 2.05) is 0 Å². The molecule has 3 unspecified atom stereocenters. The van der Waals surface area contributed by atoms with Crippen molar-refractivity contribution in [3.63, 3.8) is 0 Å². The summed E-state index contributed by atoms with van der Waals surface area (Å²) in [5.74, 6) is 2.45. The monoisotopic (exact) mass is 390 g/mol. The number of nitrogens with two attached hydrogens (primary N) is 1. The molecule has 4 saturated carbocycles. The van der Waals surface area contributed by atoms with Gasteiger partial charge in [-0.05, 0) is 74.0 Å². The summed E-state index contributed by atoms with van der Waals surface area (Å²) in [6.07, 6.45) is 7.71. The van der Waals surface area contributed by atoms with Crippen molar-refractivity contribution < 1.29 is 14.6 Å². The Morgan fingerprint density at radius 2 is 1.96 bits per heavy atom. The predicted octanol–water partition coefficient (Wildman–Crippen LogP) is 2.99. The van der Waals surface area contributed by atoms with Crippen LogP contribution in [0.2, 0.25) is 0 Å². The van der Waals surface area contributed by atoms with Crippen LogP contribution in [-0.2, 0) is 9.53 Å². The summed E-state index contributed by atoms with van der Waals surface area (Å²) in [4.78, 5) is 17.3. The predicted molar refractivity (Wildman–Crippen MR) is 110 cm³/mol. The summed E-state index contributed by atoms with van der Waals surface area (Å²) in [7, 11) is 0. The maximum atomic E-state index is 12.6. The van der Waals surface area contributed by atoms with Crippen LogP contribution in [0, 0.1) is 34.5 Å². The molecule has 0 bridgehead atoms. The summed E-state index contributed by atoms with van der Waals surface area (Å²) >= 11 is 0. The highest BCUT2D eigenvalue weighted by atomic mass is 16.5. The lowest BCUT2D eigenvalue weighted by Gasteiger charge is -2.60. The van der Waals surface area contributed by atoms with Crippen molar-refractivity contribution in [3.05, 3.63) is 0 Å². The van der Waals surface area contributed by atoms with Gasteiger partial charge in [-0.1, -0.05) is 13.8 Å². The van der Waals surface area contributed by atoms with E-state index < -0.39 is 0 Å². The normalized spacial score (nSPS) is 46.9. The molecule has 0 aromatic heterocycles. The summed E-state index contributed by atoms with van der Waals surface area (Å²) < 4.78 is 5.44. The van der Waals surface area contributed by atoms with Crippen molar-refractivity contribution in [2.24, 2.45) is 45.2 Å². The summed E-state index contributed by atoms with van der Waals surface area (Å²) in [6, 6.07) is 0. The Kier molecular flexibility index (Phi) is 5.71. The van der Waals surface area contributed by atoms with Gasteiger partial charge in [-0.15, -0.1) is 0 Å². The Labute approximate surface area is 169 Å². The van der Waals surface area contributed by atoms with Gasteiger partial charge >= 0.3 is 0 Å². The van der Waals surface area contributed by atoms with E-state index in [9.17, 15) is 9.90 Å². The molecule has 0 heterocycles. The van der Waals surface area contributed by atoms with Crippen LogP contribution in [0.3, 0.4) is 0 Å². The molecular weight excluding hydrogens is 352 g/mol. The Balaban J connectivity index is 1.47. The number of hydrogen-bond donors (Lipinski definition) is 2. The van der Waals surface area contributed by atoms with Gasteiger partial charge in [0.15, 0.2) is 0 Å². The van der Waals surface area contributed by atoms with Gasteiger partial charge in [-0.3, -0.25) is 9.79 Å². The summed E-state index contributed by atoms with van der Waals surface area (Å²) in [5.41, 5.74) is 6.78. The van der Waals surface area contributed by atoms with Gasteiger partial charge in [0.25, 0.3) is 0 Å². The second-order valence-electron chi connectivity index (χ2n) is 10.3. The average Bonchev–Trinajstić information content (AvgIpc) is 2.98. The third kappa shape index (κ3) is 3.27. The molecule has 158 valence electrons. The van der Waals surface area contributed by atoms with Crippen molar-refractivity contribution in [3.8, 4) is 0 Å². The van der Waals surface area contributed by atoms with E-state index in [1.165, 1.54) is 5.71 Å². The first-order valence-corrected chi connectivity index (χ1v) is 11.4. The lowest BCUT2D eigenvalue weighted by molar-refractivity contribution is -0.152. The minimum absolute atomic E-state index is 0.116. The number of hydrogen-bond acceptors (Lipinski definition) is 5. The van der Waals surface area contributed by atoms with E-state index in [2.05, 4.69) is 13.8 Å². The van der Waals surface area contributed by atoms with E-state index in [0.717, 1.165) is 51.4 Å². The zero-order chi connectivity index (χ0) is 19.9. The molecule has 0 aromatic rings. The van der Waals surface area contributed by atoms with E-state index in [4.69, 9.17) is 15.5 Å². The number of carbonyl (C=O) groups excluding carboxylic acids is 1. The number of fused-ring (bicyclic) bond motifs is 5. The summed E-state index contributed by atoms with van der Waals surface area (Å²) in [5, 5.41) is 11.2. The molecule has 4 aliphatic carbocycles.